The Bertz CT molecular complexity index is 229. The third-order valence-electron chi connectivity index (χ3n) is 3.95. The van der Waals surface area contributed by atoms with Crippen molar-refractivity contribution in [2.75, 3.05) is 0 Å². The molecule has 0 nitrogen and oxygen atoms in total. The molecule has 0 aromatic heterocycles. The highest BCUT2D eigenvalue weighted by Crippen LogP contribution is 2.63. The van der Waals surface area contributed by atoms with E-state index in [1.54, 1.807) is 6.92 Å². The second-order valence-electron chi connectivity index (χ2n) is 4.62. The molecule has 0 spiro atoms. The van der Waals surface area contributed by atoms with Crippen molar-refractivity contribution in [3.05, 3.63) is 12.2 Å². The van der Waals surface area contributed by atoms with Gasteiger partial charge in [-0.05, 0) is 37.5 Å². The number of halogens is 1. The highest BCUT2D eigenvalue weighted by atomic mass is 19.1. The second-order valence-corrected chi connectivity index (χ2v) is 4.62. The molecular weight excluding hydrogens is 139 g/mol. The zero-order chi connectivity index (χ0) is 7.64. The van der Waals surface area contributed by atoms with Gasteiger partial charge in [-0.2, -0.15) is 0 Å². The van der Waals surface area contributed by atoms with Crippen LogP contribution in [-0.4, -0.2) is 5.67 Å². The average molecular weight is 152 g/mol. The Morgan fingerprint density at radius 3 is 2.64 bits per heavy atom. The van der Waals surface area contributed by atoms with Crippen molar-refractivity contribution >= 4 is 0 Å². The van der Waals surface area contributed by atoms with Gasteiger partial charge < -0.3 is 0 Å². The number of fused-ring (bicyclic) bond motifs is 5. The summed E-state index contributed by atoms with van der Waals surface area (Å²) in [5, 5.41) is 0. The van der Waals surface area contributed by atoms with Crippen LogP contribution in [0.15, 0.2) is 12.2 Å². The number of rotatable bonds is 0. The van der Waals surface area contributed by atoms with Gasteiger partial charge in [-0.3, -0.25) is 0 Å². The molecule has 2 saturated carbocycles. The Morgan fingerprint density at radius 2 is 2.09 bits per heavy atom. The highest BCUT2D eigenvalue weighted by molar-refractivity contribution is 5.22. The Labute approximate surface area is 66.5 Å². The minimum Gasteiger partial charge on any atom is -0.244 e. The zero-order valence-electron chi connectivity index (χ0n) is 6.76. The van der Waals surface area contributed by atoms with Crippen LogP contribution < -0.4 is 0 Å². The standard InChI is InChI=1S/C10H13F/c1-10(11)5-8-6-2-3-7(4-6)9(8)10/h2-3,6-9H,4-5H2,1H3. The van der Waals surface area contributed by atoms with Crippen LogP contribution in [0.25, 0.3) is 0 Å². The third kappa shape index (κ3) is 0.567. The van der Waals surface area contributed by atoms with Crippen molar-refractivity contribution < 1.29 is 4.39 Å². The first-order valence-electron chi connectivity index (χ1n) is 4.56. The molecule has 2 fully saturated rings. The van der Waals surface area contributed by atoms with E-state index < -0.39 is 5.67 Å². The van der Waals surface area contributed by atoms with E-state index in [4.69, 9.17) is 0 Å². The predicted octanol–water partition coefficient (Wildman–Crippen LogP) is 2.56. The summed E-state index contributed by atoms with van der Waals surface area (Å²) in [6.45, 7) is 1.78. The van der Waals surface area contributed by atoms with Crippen molar-refractivity contribution in [3.63, 3.8) is 0 Å². The number of hydrogen-bond acceptors (Lipinski definition) is 0. The predicted molar refractivity (Wildman–Crippen MR) is 41.8 cm³/mol. The van der Waals surface area contributed by atoms with Gasteiger partial charge in [0.1, 0.15) is 5.67 Å². The summed E-state index contributed by atoms with van der Waals surface area (Å²) in [6, 6.07) is 0. The van der Waals surface area contributed by atoms with E-state index in [1.165, 1.54) is 6.42 Å². The molecule has 11 heavy (non-hydrogen) atoms. The van der Waals surface area contributed by atoms with Gasteiger partial charge in [-0.15, -0.1) is 0 Å². The maximum Gasteiger partial charge on any atom is 0.112 e. The van der Waals surface area contributed by atoms with E-state index in [0.29, 0.717) is 17.8 Å². The molecular formula is C10H13F. The van der Waals surface area contributed by atoms with E-state index in [9.17, 15) is 4.39 Å². The van der Waals surface area contributed by atoms with Gasteiger partial charge in [-0.1, -0.05) is 12.2 Å². The number of hydrogen-bond donors (Lipinski definition) is 0. The Hall–Kier alpha value is -0.330. The average Bonchev–Trinajstić information content (AvgIpc) is 2.41. The first-order chi connectivity index (χ1) is 5.18. The van der Waals surface area contributed by atoms with Crippen LogP contribution in [0.2, 0.25) is 0 Å². The van der Waals surface area contributed by atoms with Gasteiger partial charge in [0.15, 0.2) is 0 Å². The van der Waals surface area contributed by atoms with Gasteiger partial charge in [0.2, 0.25) is 0 Å². The summed E-state index contributed by atoms with van der Waals surface area (Å²) in [6.07, 6.45) is 6.61. The lowest BCUT2D eigenvalue weighted by molar-refractivity contribution is -0.0641. The van der Waals surface area contributed by atoms with Gasteiger partial charge in [0.25, 0.3) is 0 Å². The number of allylic oxidation sites excluding steroid dienone is 2. The molecule has 1 heteroatoms. The molecule has 0 radical (unpaired) electrons. The lowest BCUT2D eigenvalue weighted by atomic mass is 9.59. The van der Waals surface area contributed by atoms with Gasteiger partial charge in [0.05, 0.1) is 0 Å². The Morgan fingerprint density at radius 1 is 1.36 bits per heavy atom. The van der Waals surface area contributed by atoms with Crippen molar-refractivity contribution in [3.8, 4) is 0 Å². The second kappa shape index (κ2) is 1.55. The molecule has 60 valence electrons. The van der Waals surface area contributed by atoms with E-state index in [-0.39, 0.29) is 0 Å². The Kier molecular flexibility index (Phi) is 0.875. The van der Waals surface area contributed by atoms with E-state index in [0.717, 1.165) is 12.3 Å². The van der Waals surface area contributed by atoms with Gasteiger partial charge >= 0.3 is 0 Å². The van der Waals surface area contributed by atoms with E-state index >= 15 is 0 Å². The fraction of sp³-hybridized carbons (Fsp3) is 0.800. The smallest absolute Gasteiger partial charge is 0.112 e. The molecule has 5 unspecified atom stereocenters. The summed E-state index contributed by atoms with van der Waals surface area (Å²) in [7, 11) is 0. The summed E-state index contributed by atoms with van der Waals surface area (Å²) in [4.78, 5) is 0. The van der Waals surface area contributed by atoms with Crippen LogP contribution in [-0.2, 0) is 0 Å². The molecule has 0 aromatic rings. The molecule has 2 bridgehead atoms. The van der Waals surface area contributed by atoms with Gasteiger partial charge in [-0.25, -0.2) is 4.39 Å². The van der Waals surface area contributed by atoms with E-state index in [1.807, 2.05) is 0 Å². The van der Waals surface area contributed by atoms with Gasteiger partial charge in [0, 0.05) is 5.92 Å². The van der Waals surface area contributed by atoms with Crippen molar-refractivity contribution in [1.29, 1.82) is 0 Å². The Balaban J connectivity index is 1.97. The molecule has 0 aliphatic heterocycles. The SMILES string of the molecule is CC1(F)CC2C3C=CC(C3)C21. The van der Waals surface area contributed by atoms with Crippen LogP contribution in [0.3, 0.4) is 0 Å². The first-order valence-corrected chi connectivity index (χ1v) is 4.56. The minimum atomic E-state index is -0.825. The third-order valence-corrected chi connectivity index (χ3v) is 3.95. The maximum atomic E-state index is 13.6. The van der Waals surface area contributed by atoms with Crippen LogP contribution in [0.1, 0.15) is 19.8 Å². The molecule has 0 amide bonds. The number of alkyl halides is 1. The van der Waals surface area contributed by atoms with Crippen LogP contribution in [0, 0.1) is 23.7 Å². The van der Waals surface area contributed by atoms with Crippen molar-refractivity contribution in [2.45, 2.75) is 25.4 Å². The molecule has 0 saturated heterocycles. The molecule has 3 aliphatic carbocycles. The van der Waals surface area contributed by atoms with Crippen molar-refractivity contribution in [2.24, 2.45) is 23.7 Å². The molecule has 0 N–H and O–H groups in total. The van der Waals surface area contributed by atoms with Crippen LogP contribution in [0.4, 0.5) is 4.39 Å². The topological polar surface area (TPSA) is 0 Å². The molecule has 0 aromatic carbocycles. The lowest BCUT2D eigenvalue weighted by Crippen LogP contribution is -2.50. The molecule has 5 atom stereocenters. The molecule has 3 rings (SSSR count). The largest absolute Gasteiger partial charge is 0.244 e. The highest BCUT2D eigenvalue weighted by Gasteiger charge is 2.61. The van der Waals surface area contributed by atoms with E-state index in [2.05, 4.69) is 12.2 Å². The lowest BCUT2D eigenvalue weighted by Gasteiger charge is -2.48. The quantitative estimate of drug-likeness (QED) is 0.468. The zero-order valence-corrected chi connectivity index (χ0v) is 6.76. The van der Waals surface area contributed by atoms with Crippen molar-refractivity contribution in [1.82, 2.24) is 0 Å². The minimum absolute atomic E-state index is 0.387. The summed E-state index contributed by atoms with van der Waals surface area (Å²) in [5.74, 6) is 2.43. The molecule has 3 aliphatic rings. The summed E-state index contributed by atoms with van der Waals surface area (Å²) in [5.41, 5.74) is -0.825. The molecule has 0 heterocycles. The van der Waals surface area contributed by atoms with Crippen LogP contribution in [0.5, 0.6) is 0 Å². The maximum absolute atomic E-state index is 13.6. The summed E-state index contributed by atoms with van der Waals surface area (Å²) < 4.78 is 13.6. The van der Waals surface area contributed by atoms with Crippen LogP contribution >= 0.6 is 0 Å². The summed E-state index contributed by atoms with van der Waals surface area (Å²) >= 11 is 0. The first kappa shape index (κ1) is 6.22. The fourth-order valence-corrected chi connectivity index (χ4v) is 3.53. The fourth-order valence-electron chi connectivity index (χ4n) is 3.53. The normalized spacial score (nSPS) is 64.5. The monoisotopic (exact) mass is 152 g/mol.